The van der Waals surface area contributed by atoms with E-state index in [9.17, 15) is 14.4 Å². The number of ether oxygens (including phenoxy) is 2. The first-order valence-corrected chi connectivity index (χ1v) is 14.0. The third-order valence-corrected chi connectivity index (χ3v) is 9.15. The number of nitrogens with zero attached hydrogens (tertiary/aromatic N) is 1. The molecule has 4 aliphatic rings. The number of para-hydroxylation sites is 2. The molecule has 1 fully saturated rings. The normalized spacial score (nSPS) is 24.5. The van der Waals surface area contributed by atoms with Gasteiger partial charge in [0.1, 0.15) is 11.5 Å². The SMILES string of the molecule is CC1=C[C@@H]2N(c3ccccc31)[C@H](C(=O)c1ccccc1)[C@H](C(=O)c1ccc3c(c1)OCO3)[C@@]21C(=O)Nc2ccccc21. The fraction of sp³-hybridized carbons (Fsp3) is 0.171. The lowest BCUT2D eigenvalue weighted by Crippen LogP contribution is -2.51. The summed E-state index contributed by atoms with van der Waals surface area (Å²) >= 11 is 0. The highest BCUT2D eigenvalue weighted by atomic mass is 16.7. The van der Waals surface area contributed by atoms with Crippen molar-refractivity contribution in [2.75, 3.05) is 17.0 Å². The molecule has 1 amide bonds. The number of rotatable bonds is 4. The van der Waals surface area contributed by atoms with E-state index in [0.29, 0.717) is 28.3 Å². The molecule has 0 saturated carbocycles. The maximum atomic E-state index is 15.0. The van der Waals surface area contributed by atoms with Crippen LogP contribution in [-0.4, -0.2) is 36.4 Å². The van der Waals surface area contributed by atoms with Gasteiger partial charge in [-0.15, -0.1) is 0 Å². The summed E-state index contributed by atoms with van der Waals surface area (Å²) in [6.07, 6.45) is 2.06. The lowest BCUT2D eigenvalue weighted by molar-refractivity contribution is -0.121. The monoisotopic (exact) mass is 554 g/mol. The molecule has 4 atom stereocenters. The molecule has 0 aromatic heterocycles. The van der Waals surface area contributed by atoms with Crippen molar-refractivity contribution in [1.82, 2.24) is 0 Å². The number of nitrogens with one attached hydrogen (secondary N) is 1. The van der Waals surface area contributed by atoms with Crippen LogP contribution in [0.4, 0.5) is 11.4 Å². The molecule has 4 aromatic rings. The van der Waals surface area contributed by atoms with Crippen LogP contribution < -0.4 is 19.7 Å². The lowest BCUT2D eigenvalue weighted by Gasteiger charge is -2.39. The van der Waals surface area contributed by atoms with Crippen molar-refractivity contribution in [2.24, 2.45) is 5.92 Å². The summed E-state index contributed by atoms with van der Waals surface area (Å²) in [5, 5.41) is 3.08. The largest absolute Gasteiger partial charge is 0.454 e. The van der Waals surface area contributed by atoms with Crippen LogP contribution in [0, 0.1) is 5.92 Å². The quantitative estimate of drug-likeness (QED) is 0.328. The standard InChI is InChI=1S/C35H26N2O5/c1-20-17-29-35(24-12-6-7-13-25(24)36-34(35)40)30(32(38)22-15-16-27-28(18-22)42-19-41-27)31(33(39)21-9-3-2-4-10-21)37(29)26-14-8-5-11-23(20)26/h2-18,29-31H,19H2,1H3,(H,36,40)/t29-,30+,31-,35-/m0/s1. The topological polar surface area (TPSA) is 84.9 Å². The Morgan fingerprint density at radius 1 is 0.833 bits per heavy atom. The minimum atomic E-state index is -1.37. The molecule has 0 unspecified atom stereocenters. The number of ketones is 2. The van der Waals surface area contributed by atoms with E-state index in [4.69, 9.17) is 9.47 Å². The van der Waals surface area contributed by atoms with Crippen molar-refractivity contribution in [3.63, 3.8) is 0 Å². The maximum Gasteiger partial charge on any atom is 0.238 e. The number of anilines is 2. The van der Waals surface area contributed by atoms with Crippen LogP contribution in [0.5, 0.6) is 11.5 Å². The maximum absolute atomic E-state index is 15.0. The van der Waals surface area contributed by atoms with Crippen molar-refractivity contribution in [3.8, 4) is 11.5 Å². The van der Waals surface area contributed by atoms with Gasteiger partial charge in [-0.2, -0.15) is 0 Å². The third-order valence-electron chi connectivity index (χ3n) is 9.15. The molecule has 0 bridgehead atoms. The van der Waals surface area contributed by atoms with Crippen molar-refractivity contribution >= 4 is 34.4 Å². The van der Waals surface area contributed by atoms with Crippen LogP contribution >= 0.6 is 0 Å². The molecule has 7 heteroatoms. The molecule has 4 aliphatic heterocycles. The number of carbonyl (C=O) groups is 3. The zero-order chi connectivity index (χ0) is 28.6. The van der Waals surface area contributed by atoms with Crippen LogP contribution in [0.1, 0.15) is 38.8 Å². The zero-order valence-electron chi connectivity index (χ0n) is 22.7. The number of amides is 1. The van der Waals surface area contributed by atoms with Gasteiger partial charge in [0, 0.05) is 28.1 Å². The summed E-state index contributed by atoms with van der Waals surface area (Å²) in [6, 6.07) is 27.9. The van der Waals surface area contributed by atoms with Crippen molar-refractivity contribution in [3.05, 3.63) is 125 Å². The molecule has 206 valence electrons. The molecule has 7 nitrogen and oxygen atoms in total. The molecule has 1 N–H and O–H groups in total. The Morgan fingerprint density at radius 3 is 2.43 bits per heavy atom. The van der Waals surface area contributed by atoms with Crippen LogP contribution in [0.3, 0.4) is 0 Å². The average molecular weight is 555 g/mol. The van der Waals surface area contributed by atoms with Gasteiger partial charge in [-0.25, -0.2) is 0 Å². The molecule has 4 heterocycles. The first-order valence-electron chi connectivity index (χ1n) is 14.0. The van der Waals surface area contributed by atoms with Gasteiger partial charge in [0.25, 0.3) is 0 Å². The first kappa shape index (κ1) is 24.6. The number of carbonyl (C=O) groups excluding carboxylic acids is 3. The Morgan fingerprint density at radius 2 is 1.57 bits per heavy atom. The summed E-state index contributed by atoms with van der Waals surface area (Å²) in [5.74, 6) is -0.824. The minimum Gasteiger partial charge on any atom is -0.454 e. The van der Waals surface area contributed by atoms with Crippen LogP contribution in [0.15, 0.2) is 103 Å². The predicted molar refractivity (Wildman–Crippen MR) is 158 cm³/mol. The van der Waals surface area contributed by atoms with E-state index in [1.807, 2.05) is 78.6 Å². The molecule has 8 rings (SSSR count). The van der Waals surface area contributed by atoms with E-state index in [0.717, 1.165) is 22.4 Å². The number of benzene rings is 4. The number of Topliss-reactive ketones (excluding diaryl/α,β-unsaturated/α-hetero) is 2. The van der Waals surface area contributed by atoms with E-state index in [-0.39, 0.29) is 24.3 Å². The van der Waals surface area contributed by atoms with Gasteiger partial charge in [-0.05, 0) is 48.4 Å². The summed E-state index contributed by atoms with van der Waals surface area (Å²) in [6.45, 7) is 2.09. The van der Waals surface area contributed by atoms with Crippen molar-refractivity contribution in [2.45, 2.75) is 24.4 Å². The predicted octanol–water partition coefficient (Wildman–Crippen LogP) is 5.66. The van der Waals surface area contributed by atoms with Gasteiger partial charge < -0.3 is 19.7 Å². The molecule has 4 aromatic carbocycles. The molecule has 0 radical (unpaired) electrons. The van der Waals surface area contributed by atoms with Crippen LogP contribution in [0.2, 0.25) is 0 Å². The van der Waals surface area contributed by atoms with E-state index >= 15 is 0 Å². The number of hydrogen-bond donors (Lipinski definition) is 1. The van der Waals surface area contributed by atoms with Gasteiger partial charge in [-0.3, -0.25) is 14.4 Å². The van der Waals surface area contributed by atoms with Gasteiger partial charge in [0.2, 0.25) is 12.7 Å². The van der Waals surface area contributed by atoms with Crippen LogP contribution in [0.25, 0.3) is 5.57 Å². The second kappa shape index (κ2) is 8.91. The Bertz CT molecular complexity index is 1850. The molecule has 1 saturated heterocycles. The molecule has 1 spiro atoms. The minimum absolute atomic E-state index is 0.0714. The highest BCUT2D eigenvalue weighted by Gasteiger charge is 2.70. The van der Waals surface area contributed by atoms with Crippen molar-refractivity contribution in [1.29, 1.82) is 0 Å². The number of hydrogen-bond acceptors (Lipinski definition) is 6. The highest BCUT2D eigenvalue weighted by Crippen LogP contribution is 2.59. The average Bonchev–Trinajstić information content (AvgIpc) is 3.70. The number of fused-ring (bicyclic) bond motifs is 7. The van der Waals surface area contributed by atoms with Crippen LogP contribution in [-0.2, 0) is 10.2 Å². The van der Waals surface area contributed by atoms with Gasteiger partial charge in [0.05, 0.1) is 12.0 Å². The summed E-state index contributed by atoms with van der Waals surface area (Å²) < 4.78 is 11.1. The molecular formula is C35H26N2O5. The summed E-state index contributed by atoms with van der Waals surface area (Å²) in [4.78, 5) is 46.2. The smallest absolute Gasteiger partial charge is 0.238 e. The Balaban J connectivity index is 1.43. The second-order valence-corrected chi connectivity index (χ2v) is 11.2. The molecule has 42 heavy (non-hydrogen) atoms. The molecular weight excluding hydrogens is 528 g/mol. The summed E-state index contributed by atoms with van der Waals surface area (Å²) in [7, 11) is 0. The van der Waals surface area contributed by atoms with E-state index < -0.39 is 23.4 Å². The first-order chi connectivity index (χ1) is 20.5. The molecule has 0 aliphatic carbocycles. The van der Waals surface area contributed by atoms with E-state index in [2.05, 4.69) is 11.4 Å². The van der Waals surface area contributed by atoms with E-state index in [1.165, 1.54) is 0 Å². The Labute approximate surface area is 242 Å². The zero-order valence-corrected chi connectivity index (χ0v) is 22.7. The highest BCUT2D eigenvalue weighted by molar-refractivity contribution is 6.18. The van der Waals surface area contributed by atoms with Gasteiger partial charge in [0.15, 0.2) is 23.1 Å². The fourth-order valence-corrected chi connectivity index (χ4v) is 7.39. The third kappa shape index (κ3) is 3.19. The van der Waals surface area contributed by atoms with Crippen molar-refractivity contribution < 1.29 is 23.9 Å². The van der Waals surface area contributed by atoms with Gasteiger partial charge >= 0.3 is 0 Å². The Hall–Kier alpha value is -5.17. The fourth-order valence-electron chi connectivity index (χ4n) is 7.39. The number of allylic oxidation sites excluding steroid dienone is 1. The van der Waals surface area contributed by atoms with Gasteiger partial charge in [-0.1, -0.05) is 72.8 Å². The lowest BCUT2D eigenvalue weighted by atomic mass is 9.64. The Kier molecular flexibility index (Phi) is 5.22. The second-order valence-electron chi connectivity index (χ2n) is 11.2. The summed E-state index contributed by atoms with van der Waals surface area (Å²) in [5.41, 5.74) is 3.64. The van der Waals surface area contributed by atoms with E-state index in [1.54, 1.807) is 30.3 Å².